The molecule has 5 heteroatoms. The van der Waals surface area contributed by atoms with E-state index in [0.717, 1.165) is 12.8 Å². The maximum atomic E-state index is 11.4. The zero-order valence-electron chi connectivity index (χ0n) is 8.03. The van der Waals surface area contributed by atoms with Gasteiger partial charge in [0.1, 0.15) is 0 Å². The van der Waals surface area contributed by atoms with E-state index in [1.165, 1.54) is 6.42 Å². The Morgan fingerprint density at radius 3 is 2.57 bits per heavy atom. The normalized spacial score (nSPS) is 32.4. The number of amides is 2. The number of ether oxygens (including phenoxy) is 1. The molecule has 2 amide bonds. The molecule has 2 aliphatic rings. The van der Waals surface area contributed by atoms with Gasteiger partial charge < -0.3 is 20.5 Å². The molecule has 1 saturated heterocycles. The molecule has 0 bridgehead atoms. The fourth-order valence-electron chi connectivity index (χ4n) is 1.63. The van der Waals surface area contributed by atoms with Crippen molar-refractivity contribution in [1.82, 2.24) is 10.6 Å². The Morgan fingerprint density at radius 2 is 2.07 bits per heavy atom. The number of hydrogen-bond acceptors (Lipinski definition) is 3. The van der Waals surface area contributed by atoms with Crippen LogP contribution >= 0.6 is 0 Å². The minimum absolute atomic E-state index is 0.191. The van der Waals surface area contributed by atoms with E-state index in [2.05, 4.69) is 10.6 Å². The molecule has 5 nitrogen and oxygen atoms in total. The quantitative estimate of drug-likeness (QED) is 0.568. The molecule has 2 fully saturated rings. The van der Waals surface area contributed by atoms with E-state index >= 15 is 0 Å². The van der Waals surface area contributed by atoms with Gasteiger partial charge in [0.2, 0.25) is 0 Å². The molecule has 0 spiro atoms. The van der Waals surface area contributed by atoms with E-state index < -0.39 is 6.10 Å². The van der Waals surface area contributed by atoms with E-state index in [0.29, 0.717) is 19.3 Å². The van der Waals surface area contributed by atoms with Crippen molar-refractivity contribution >= 4 is 6.03 Å². The number of carbonyl (C=O) groups excluding carboxylic acids is 1. The SMILES string of the molecule is O=C(NC1CCC1)N[C@@H]1COC[C@H]1O. The van der Waals surface area contributed by atoms with Gasteiger partial charge in [-0.25, -0.2) is 4.79 Å². The van der Waals surface area contributed by atoms with Crippen LogP contribution in [0.3, 0.4) is 0 Å². The first-order valence-electron chi connectivity index (χ1n) is 5.08. The predicted octanol–water partition coefficient (Wildman–Crippen LogP) is -0.402. The first-order chi connectivity index (χ1) is 6.75. The topological polar surface area (TPSA) is 70.6 Å². The van der Waals surface area contributed by atoms with Crippen molar-refractivity contribution in [2.45, 2.75) is 37.5 Å². The summed E-state index contributed by atoms with van der Waals surface area (Å²) in [6, 6.07) is -0.117. The van der Waals surface area contributed by atoms with Crippen LogP contribution in [0.25, 0.3) is 0 Å². The Hall–Kier alpha value is -0.810. The Kier molecular flexibility index (Phi) is 2.88. The van der Waals surface area contributed by atoms with Crippen LogP contribution in [0.1, 0.15) is 19.3 Å². The van der Waals surface area contributed by atoms with E-state index in [1.807, 2.05) is 0 Å². The fraction of sp³-hybridized carbons (Fsp3) is 0.889. The minimum atomic E-state index is -0.567. The number of carbonyl (C=O) groups is 1. The average Bonchev–Trinajstić information content (AvgIpc) is 2.45. The van der Waals surface area contributed by atoms with Gasteiger partial charge in [-0.1, -0.05) is 0 Å². The molecule has 3 N–H and O–H groups in total. The molecule has 0 radical (unpaired) electrons. The largest absolute Gasteiger partial charge is 0.388 e. The van der Waals surface area contributed by atoms with Gasteiger partial charge in [0.15, 0.2) is 0 Å². The van der Waals surface area contributed by atoms with E-state index in [4.69, 9.17) is 4.74 Å². The standard InChI is InChI=1S/C9H16N2O3/c12-8-5-14-4-7(8)11-9(13)10-6-2-1-3-6/h6-8,12H,1-5H2,(H2,10,11,13)/t7-,8-/m1/s1. The molecule has 0 unspecified atom stereocenters. The minimum Gasteiger partial charge on any atom is -0.388 e. The van der Waals surface area contributed by atoms with Crippen molar-refractivity contribution in [3.05, 3.63) is 0 Å². The van der Waals surface area contributed by atoms with E-state index in [9.17, 15) is 9.90 Å². The second kappa shape index (κ2) is 4.14. The molecule has 1 aliphatic carbocycles. The van der Waals surface area contributed by atoms with Gasteiger partial charge in [-0.15, -0.1) is 0 Å². The maximum Gasteiger partial charge on any atom is 0.315 e. The van der Waals surface area contributed by atoms with Crippen LogP contribution < -0.4 is 10.6 Å². The molecule has 1 heterocycles. The lowest BCUT2D eigenvalue weighted by molar-refractivity contribution is 0.122. The number of rotatable bonds is 2. The zero-order chi connectivity index (χ0) is 9.97. The lowest BCUT2D eigenvalue weighted by Gasteiger charge is -2.27. The summed E-state index contributed by atoms with van der Waals surface area (Å²) < 4.78 is 5.02. The summed E-state index contributed by atoms with van der Waals surface area (Å²) in [7, 11) is 0. The van der Waals surface area contributed by atoms with Crippen molar-refractivity contribution in [1.29, 1.82) is 0 Å². The molecule has 0 aromatic rings. The molecular weight excluding hydrogens is 184 g/mol. The number of aliphatic hydroxyl groups is 1. The summed E-state index contributed by atoms with van der Waals surface area (Å²) in [6.45, 7) is 0.716. The van der Waals surface area contributed by atoms with Crippen LogP contribution in [-0.2, 0) is 4.74 Å². The second-order valence-electron chi connectivity index (χ2n) is 3.96. The summed E-state index contributed by atoms with van der Waals surface area (Å²) in [5.74, 6) is 0. The summed E-state index contributed by atoms with van der Waals surface area (Å²) in [6.07, 6.45) is 2.76. The van der Waals surface area contributed by atoms with Crippen molar-refractivity contribution in [2.24, 2.45) is 0 Å². The predicted molar refractivity (Wildman–Crippen MR) is 49.9 cm³/mol. The number of hydrogen-bond donors (Lipinski definition) is 3. The second-order valence-corrected chi connectivity index (χ2v) is 3.96. The summed E-state index contributed by atoms with van der Waals surface area (Å²) >= 11 is 0. The van der Waals surface area contributed by atoms with E-state index in [1.54, 1.807) is 0 Å². The molecule has 14 heavy (non-hydrogen) atoms. The van der Waals surface area contributed by atoms with Crippen LogP contribution in [0, 0.1) is 0 Å². The fourth-order valence-corrected chi connectivity index (χ4v) is 1.63. The Morgan fingerprint density at radius 1 is 1.29 bits per heavy atom. The maximum absolute atomic E-state index is 11.4. The first-order valence-corrected chi connectivity index (χ1v) is 5.08. The third-order valence-electron chi connectivity index (χ3n) is 2.81. The Bertz CT molecular complexity index is 218. The van der Waals surface area contributed by atoms with Crippen LogP contribution in [0.4, 0.5) is 4.79 Å². The van der Waals surface area contributed by atoms with Gasteiger partial charge >= 0.3 is 6.03 Å². The number of aliphatic hydroxyl groups excluding tert-OH is 1. The lowest BCUT2D eigenvalue weighted by Crippen LogP contribution is -2.51. The van der Waals surface area contributed by atoms with E-state index in [-0.39, 0.29) is 12.1 Å². The van der Waals surface area contributed by atoms with Gasteiger partial charge in [-0.2, -0.15) is 0 Å². The van der Waals surface area contributed by atoms with Gasteiger partial charge in [0.05, 0.1) is 25.4 Å². The molecular formula is C9H16N2O3. The Balaban J connectivity index is 1.70. The molecule has 0 aromatic heterocycles. The number of urea groups is 1. The number of nitrogens with one attached hydrogen (secondary N) is 2. The molecule has 1 saturated carbocycles. The average molecular weight is 200 g/mol. The van der Waals surface area contributed by atoms with Crippen molar-refractivity contribution in [3.63, 3.8) is 0 Å². The van der Waals surface area contributed by atoms with Crippen LogP contribution in [0.5, 0.6) is 0 Å². The highest BCUT2D eigenvalue weighted by molar-refractivity contribution is 5.74. The molecule has 80 valence electrons. The monoisotopic (exact) mass is 200 g/mol. The highest BCUT2D eigenvalue weighted by atomic mass is 16.5. The molecule has 2 rings (SSSR count). The van der Waals surface area contributed by atoms with Crippen LogP contribution in [0.2, 0.25) is 0 Å². The van der Waals surface area contributed by atoms with Crippen LogP contribution in [0.15, 0.2) is 0 Å². The third-order valence-corrected chi connectivity index (χ3v) is 2.81. The summed E-state index contributed by atoms with van der Waals surface area (Å²) in [4.78, 5) is 11.4. The zero-order valence-corrected chi connectivity index (χ0v) is 8.03. The van der Waals surface area contributed by atoms with Crippen molar-refractivity contribution in [2.75, 3.05) is 13.2 Å². The lowest BCUT2D eigenvalue weighted by atomic mass is 9.93. The van der Waals surface area contributed by atoms with Crippen molar-refractivity contribution in [3.8, 4) is 0 Å². The van der Waals surface area contributed by atoms with Crippen LogP contribution in [-0.4, -0.2) is 42.5 Å². The summed E-state index contributed by atoms with van der Waals surface area (Å²) in [5, 5.41) is 14.9. The third kappa shape index (κ3) is 2.16. The highest BCUT2D eigenvalue weighted by Crippen LogP contribution is 2.17. The molecule has 1 aliphatic heterocycles. The molecule has 2 atom stereocenters. The van der Waals surface area contributed by atoms with Gasteiger partial charge in [0, 0.05) is 6.04 Å². The smallest absolute Gasteiger partial charge is 0.315 e. The molecule has 0 aromatic carbocycles. The highest BCUT2D eigenvalue weighted by Gasteiger charge is 2.28. The Labute approximate surface area is 82.8 Å². The first kappa shape index (κ1) is 9.73. The summed E-state index contributed by atoms with van der Waals surface area (Å²) in [5.41, 5.74) is 0. The van der Waals surface area contributed by atoms with Gasteiger partial charge in [0.25, 0.3) is 0 Å². The van der Waals surface area contributed by atoms with Gasteiger partial charge in [-0.3, -0.25) is 0 Å². The van der Waals surface area contributed by atoms with Gasteiger partial charge in [-0.05, 0) is 19.3 Å². The van der Waals surface area contributed by atoms with Crippen molar-refractivity contribution < 1.29 is 14.6 Å².